The van der Waals surface area contributed by atoms with E-state index in [4.69, 9.17) is 6.42 Å². The maximum Gasteiger partial charge on any atom is 0.00993 e. The van der Waals surface area contributed by atoms with Gasteiger partial charge in [0, 0.05) is 11.7 Å². The molecule has 57 valence electrons. The average Bonchev–Trinajstić information content (AvgIpc) is 1.99. The highest BCUT2D eigenvalue weighted by Crippen LogP contribution is 2.16. The molecule has 1 heteroatoms. The van der Waals surface area contributed by atoms with Crippen LogP contribution in [0.25, 0.3) is 0 Å². The van der Waals surface area contributed by atoms with E-state index in [1.165, 1.54) is 12.8 Å². The van der Waals surface area contributed by atoms with Crippen LogP contribution in [0.5, 0.6) is 0 Å². The van der Waals surface area contributed by atoms with Gasteiger partial charge in [0.25, 0.3) is 0 Å². The van der Waals surface area contributed by atoms with E-state index < -0.39 is 0 Å². The van der Waals surface area contributed by atoms with E-state index in [0.717, 1.165) is 18.1 Å². The van der Waals surface area contributed by atoms with Crippen molar-refractivity contribution >= 4 is 11.8 Å². The largest absolute Gasteiger partial charge is 0.162 e. The van der Waals surface area contributed by atoms with Crippen molar-refractivity contribution in [1.82, 2.24) is 0 Å². The molecule has 0 saturated heterocycles. The van der Waals surface area contributed by atoms with Gasteiger partial charge in [0.15, 0.2) is 0 Å². The molecule has 0 aliphatic rings. The second kappa shape index (κ2) is 7.02. The Kier molecular flexibility index (Phi) is 6.96. The quantitative estimate of drug-likeness (QED) is 0.434. The van der Waals surface area contributed by atoms with Crippen LogP contribution in [0, 0.1) is 12.3 Å². The Morgan fingerprint density at radius 1 is 1.60 bits per heavy atom. The molecule has 0 rings (SSSR count). The van der Waals surface area contributed by atoms with Gasteiger partial charge in [0.2, 0.25) is 0 Å². The third-order valence-electron chi connectivity index (χ3n) is 1.62. The molecule has 0 aromatic carbocycles. The van der Waals surface area contributed by atoms with Crippen LogP contribution in [0.2, 0.25) is 0 Å². The molecule has 1 atom stereocenters. The zero-order valence-corrected chi connectivity index (χ0v) is 7.63. The highest BCUT2D eigenvalue weighted by molar-refractivity contribution is 7.99. The second-order valence-corrected chi connectivity index (χ2v) is 3.47. The predicted molar refractivity (Wildman–Crippen MR) is 48.6 cm³/mol. The highest BCUT2D eigenvalue weighted by atomic mass is 32.2. The summed E-state index contributed by atoms with van der Waals surface area (Å²) in [5, 5.41) is 0.799. The fourth-order valence-electron chi connectivity index (χ4n) is 0.907. The van der Waals surface area contributed by atoms with Gasteiger partial charge >= 0.3 is 0 Å². The van der Waals surface area contributed by atoms with Crippen molar-refractivity contribution in [2.45, 2.75) is 37.9 Å². The number of rotatable bonds is 5. The Morgan fingerprint density at radius 3 is 2.70 bits per heavy atom. The lowest BCUT2D eigenvalue weighted by molar-refractivity contribution is 0.696. The van der Waals surface area contributed by atoms with Gasteiger partial charge in [-0.05, 0) is 31.9 Å². The van der Waals surface area contributed by atoms with Crippen molar-refractivity contribution in [3.05, 3.63) is 6.42 Å². The minimum atomic E-state index is 0.799. The smallest absolute Gasteiger partial charge is 0.00993 e. The first-order chi connectivity index (χ1) is 4.85. The van der Waals surface area contributed by atoms with Crippen molar-refractivity contribution < 1.29 is 0 Å². The Morgan fingerprint density at radius 2 is 2.30 bits per heavy atom. The van der Waals surface area contributed by atoms with E-state index in [1.54, 1.807) is 0 Å². The van der Waals surface area contributed by atoms with Crippen LogP contribution in [-0.2, 0) is 0 Å². The standard InChI is InChI=1S/C9H15S/c1-4-6-7-8-9(5-2)10-3/h9H,5-8H2,2-3H3. The van der Waals surface area contributed by atoms with Crippen molar-refractivity contribution in [3.8, 4) is 5.92 Å². The zero-order chi connectivity index (χ0) is 7.82. The molecule has 0 aliphatic carbocycles. The molecule has 0 heterocycles. The first-order valence-corrected chi connectivity index (χ1v) is 5.06. The number of hydrogen-bond donors (Lipinski definition) is 0. The molecule has 0 fully saturated rings. The lowest BCUT2D eigenvalue weighted by atomic mass is 10.1. The zero-order valence-electron chi connectivity index (χ0n) is 6.81. The molecule has 0 aromatic heterocycles. The molecule has 0 saturated carbocycles. The van der Waals surface area contributed by atoms with Crippen LogP contribution in [0.4, 0.5) is 0 Å². The SMILES string of the molecule is [C]#CCCCC(CC)SC. The summed E-state index contributed by atoms with van der Waals surface area (Å²) < 4.78 is 0. The fourth-order valence-corrected chi connectivity index (χ4v) is 1.64. The van der Waals surface area contributed by atoms with Crippen molar-refractivity contribution in [2.75, 3.05) is 6.26 Å². The minimum absolute atomic E-state index is 0.799. The van der Waals surface area contributed by atoms with Gasteiger partial charge in [-0.15, -0.1) is 0 Å². The first-order valence-electron chi connectivity index (χ1n) is 3.77. The molecule has 0 bridgehead atoms. The van der Waals surface area contributed by atoms with E-state index in [-0.39, 0.29) is 0 Å². The van der Waals surface area contributed by atoms with E-state index in [9.17, 15) is 0 Å². The van der Waals surface area contributed by atoms with Crippen LogP contribution in [0.1, 0.15) is 32.6 Å². The lowest BCUT2D eigenvalue weighted by Gasteiger charge is -2.09. The van der Waals surface area contributed by atoms with E-state index in [1.807, 2.05) is 11.8 Å². The molecule has 0 aromatic rings. The van der Waals surface area contributed by atoms with Gasteiger partial charge in [-0.3, -0.25) is 0 Å². The normalized spacial score (nSPS) is 12.5. The summed E-state index contributed by atoms with van der Waals surface area (Å²) in [6, 6.07) is 0. The Labute approximate surface area is 68.8 Å². The van der Waals surface area contributed by atoms with Gasteiger partial charge in [-0.25, -0.2) is 0 Å². The molecule has 0 nitrogen and oxygen atoms in total. The van der Waals surface area contributed by atoms with Crippen LogP contribution >= 0.6 is 11.8 Å². The van der Waals surface area contributed by atoms with Gasteiger partial charge in [0.05, 0.1) is 0 Å². The predicted octanol–water partition coefficient (Wildman–Crippen LogP) is 2.89. The van der Waals surface area contributed by atoms with Gasteiger partial charge in [0.1, 0.15) is 0 Å². The minimum Gasteiger partial charge on any atom is -0.162 e. The molecule has 1 unspecified atom stereocenters. The van der Waals surface area contributed by atoms with E-state index in [0.29, 0.717) is 0 Å². The molecular weight excluding hydrogens is 140 g/mol. The van der Waals surface area contributed by atoms with Crippen LogP contribution < -0.4 is 0 Å². The maximum atomic E-state index is 6.70. The maximum absolute atomic E-state index is 6.70. The Hall–Kier alpha value is -0.0900. The highest BCUT2D eigenvalue weighted by Gasteiger charge is 2.01. The summed E-state index contributed by atoms with van der Waals surface area (Å²) in [7, 11) is 0. The molecular formula is C9H15S. The summed E-state index contributed by atoms with van der Waals surface area (Å²) in [6.45, 7) is 2.22. The molecule has 0 amide bonds. The van der Waals surface area contributed by atoms with Crippen LogP contribution in [-0.4, -0.2) is 11.5 Å². The molecule has 10 heavy (non-hydrogen) atoms. The second-order valence-electron chi connectivity index (χ2n) is 2.33. The topological polar surface area (TPSA) is 0 Å². The van der Waals surface area contributed by atoms with Crippen LogP contribution in [0.3, 0.4) is 0 Å². The summed E-state index contributed by atoms with van der Waals surface area (Å²) in [5.41, 5.74) is 0. The van der Waals surface area contributed by atoms with Gasteiger partial charge < -0.3 is 0 Å². The van der Waals surface area contributed by atoms with Crippen molar-refractivity contribution in [1.29, 1.82) is 0 Å². The van der Waals surface area contributed by atoms with Gasteiger partial charge in [-0.1, -0.05) is 12.8 Å². The fraction of sp³-hybridized carbons (Fsp3) is 0.778. The number of hydrogen-bond acceptors (Lipinski definition) is 1. The summed E-state index contributed by atoms with van der Waals surface area (Å²) in [5.74, 6) is 2.41. The Bertz CT molecular complexity index is 97.8. The third kappa shape index (κ3) is 4.76. The monoisotopic (exact) mass is 155 g/mol. The van der Waals surface area contributed by atoms with Crippen LogP contribution in [0.15, 0.2) is 0 Å². The number of thioether (sulfide) groups is 1. The third-order valence-corrected chi connectivity index (χ3v) is 2.85. The number of unbranched alkanes of at least 4 members (excludes halogenated alkanes) is 1. The van der Waals surface area contributed by atoms with Gasteiger partial charge in [-0.2, -0.15) is 11.8 Å². The van der Waals surface area contributed by atoms with Crippen molar-refractivity contribution in [3.63, 3.8) is 0 Å². The van der Waals surface area contributed by atoms with E-state index in [2.05, 4.69) is 19.1 Å². The van der Waals surface area contributed by atoms with Crippen molar-refractivity contribution in [2.24, 2.45) is 0 Å². The average molecular weight is 155 g/mol. The molecule has 0 spiro atoms. The molecule has 1 radical (unpaired) electrons. The van der Waals surface area contributed by atoms with E-state index >= 15 is 0 Å². The summed E-state index contributed by atoms with van der Waals surface area (Å²) in [4.78, 5) is 0. The summed E-state index contributed by atoms with van der Waals surface area (Å²) >= 11 is 1.93. The first kappa shape index (κ1) is 9.91. The Balaban J connectivity index is 3.19. The summed E-state index contributed by atoms with van der Waals surface area (Å²) in [6.07, 6.45) is 13.3. The lowest BCUT2D eigenvalue weighted by Crippen LogP contribution is -1.98. The molecule has 0 N–H and O–H groups in total. The molecule has 0 aliphatic heterocycles.